The maximum Gasteiger partial charge on any atom is 0.360 e. The van der Waals surface area contributed by atoms with Crippen LogP contribution in [0.25, 0.3) is 11.6 Å². The van der Waals surface area contributed by atoms with Gasteiger partial charge in [0.25, 0.3) is 0 Å². The van der Waals surface area contributed by atoms with Crippen LogP contribution in [0.15, 0.2) is 38.3 Å². The molecule has 1 aromatic carbocycles. The minimum Gasteiger partial charge on any atom is -0.464 e. The highest BCUT2D eigenvalue weighted by atomic mass is 16.5. The van der Waals surface area contributed by atoms with Crippen molar-refractivity contribution in [1.29, 1.82) is 0 Å². The van der Waals surface area contributed by atoms with Crippen molar-refractivity contribution >= 4 is 24.5 Å². The van der Waals surface area contributed by atoms with Crippen LogP contribution in [0.5, 0.6) is 0 Å². The number of hydrogen-bond acceptors (Lipinski definition) is 10. The number of methoxy groups -OCH3 is 1. The second kappa shape index (κ2) is 11.1. The fourth-order valence-electron chi connectivity index (χ4n) is 5.64. The van der Waals surface area contributed by atoms with Crippen LogP contribution < -0.4 is 10.6 Å². The molecule has 3 N–H and O–H groups in total. The molecule has 0 saturated carbocycles. The number of aliphatic imine (C=N–C) groups is 1. The summed E-state index contributed by atoms with van der Waals surface area (Å²) in [5, 5.41) is 16.2. The maximum absolute atomic E-state index is 13.9. The van der Waals surface area contributed by atoms with E-state index in [4.69, 9.17) is 18.6 Å². The molecule has 43 heavy (non-hydrogen) atoms. The Morgan fingerprint density at radius 1 is 1.28 bits per heavy atom. The number of rotatable bonds is 6. The zero-order valence-corrected chi connectivity index (χ0v) is 25.2. The molecule has 0 unspecified atom stereocenters. The third-order valence-corrected chi connectivity index (χ3v) is 8.14. The van der Waals surface area contributed by atoms with E-state index in [1.165, 1.54) is 13.4 Å². The first kappa shape index (κ1) is 30.1. The third kappa shape index (κ3) is 5.35. The van der Waals surface area contributed by atoms with Gasteiger partial charge in [0, 0.05) is 6.42 Å². The number of aryl methyl sites for hydroxylation is 1. The number of carbonyl (C=O) groups is 3. The van der Waals surface area contributed by atoms with Gasteiger partial charge in [-0.05, 0) is 47.6 Å². The summed E-state index contributed by atoms with van der Waals surface area (Å²) in [5.74, 6) is -1.58. The lowest BCUT2D eigenvalue weighted by atomic mass is 9.85. The van der Waals surface area contributed by atoms with E-state index in [-0.39, 0.29) is 35.5 Å². The minimum atomic E-state index is -1.28. The predicted octanol–water partition coefficient (Wildman–Crippen LogP) is 3.27. The number of esters is 1. The number of nitrogens with zero attached hydrogens (tertiary/aromatic N) is 3. The number of amides is 2. The summed E-state index contributed by atoms with van der Waals surface area (Å²) in [7, 11) is 1.25. The van der Waals surface area contributed by atoms with Crippen LogP contribution in [0.3, 0.4) is 0 Å². The third-order valence-electron chi connectivity index (χ3n) is 8.14. The van der Waals surface area contributed by atoms with Crippen molar-refractivity contribution in [2.75, 3.05) is 7.11 Å². The van der Waals surface area contributed by atoms with Crippen molar-refractivity contribution in [3.63, 3.8) is 0 Å². The van der Waals surface area contributed by atoms with Crippen molar-refractivity contribution in [2.24, 2.45) is 16.3 Å². The fraction of sp³-hybridized carbons (Fsp3) is 0.484. The van der Waals surface area contributed by atoms with Gasteiger partial charge >= 0.3 is 5.97 Å². The van der Waals surface area contributed by atoms with Gasteiger partial charge in [-0.3, -0.25) is 14.6 Å². The van der Waals surface area contributed by atoms with Crippen LogP contribution in [0, 0.1) is 11.3 Å². The molecule has 0 radical (unpaired) electrons. The van der Waals surface area contributed by atoms with Gasteiger partial charge in [-0.25, -0.2) is 14.8 Å². The molecule has 3 aromatic rings. The van der Waals surface area contributed by atoms with E-state index < -0.39 is 46.9 Å². The first-order valence-corrected chi connectivity index (χ1v) is 14.2. The van der Waals surface area contributed by atoms with Crippen LogP contribution in [0.1, 0.15) is 85.9 Å². The second-order valence-corrected chi connectivity index (χ2v) is 12.5. The molecule has 1 aliphatic heterocycles. The molecule has 3 heterocycles. The summed E-state index contributed by atoms with van der Waals surface area (Å²) in [4.78, 5) is 52.7. The Hall–Kier alpha value is -4.32. The average Bonchev–Trinajstić information content (AvgIpc) is 3.70. The quantitative estimate of drug-likeness (QED) is 0.288. The number of ether oxygens (including phenoxy) is 1. The summed E-state index contributed by atoms with van der Waals surface area (Å²) in [6.45, 7) is 13.2. The number of benzene rings is 1. The van der Waals surface area contributed by atoms with Crippen LogP contribution in [0.4, 0.5) is 0 Å². The first-order chi connectivity index (χ1) is 20.3. The Balaban J connectivity index is 1.71. The van der Waals surface area contributed by atoms with Crippen LogP contribution in [0.2, 0.25) is 0 Å². The highest BCUT2D eigenvalue weighted by Crippen LogP contribution is 2.50. The number of nitrogens with one attached hydrogen (secondary N) is 2. The molecule has 0 fully saturated rings. The fourth-order valence-corrected chi connectivity index (χ4v) is 5.64. The molecule has 5 rings (SSSR count). The molecule has 1 aliphatic carbocycles. The lowest BCUT2D eigenvalue weighted by molar-refractivity contribution is -0.136. The topological polar surface area (TPSA) is 169 Å². The van der Waals surface area contributed by atoms with Gasteiger partial charge in [-0.2, -0.15) is 0 Å². The molecule has 0 spiro atoms. The normalized spacial score (nSPS) is 22.3. The molecular weight excluding hydrogens is 554 g/mol. The molecule has 4 atom stereocenters. The predicted molar refractivity (Wildman–Crippen MR) is 155 cm³/mol. The highest BCUT2D eigenvalue weighted by molar-refractivity contribution is 5.90. The van der Waals surface area contributed by atoms with Crippen molar-refractivity contribution in [1.82, 2.24) is 20.6 Å². The molecule has 12 heteroatoms. The number of oxazole rings is 2. The van der Waals surface area contributed by atoms with Gasteiger partial charge in [0.2, 0.25) is 23.6 Å². The van der Waals surface area contributed by atoms with E-state index in [1.54, 1.807) is 13.8 Å². The number of aliphatic hydroxyl groups excluding tert-OH is 1. The van der Waals surface area contributed by atoms with E-state index in [9.17, 15) is 19.5 Å². The monoisotopic (exact) mass is 591 g/mol. The van der Waals surface area contributed by atoms with Crippen LogP contribution in [-0.2, 0) is 32.7 Å². The zero-order valence-electron chi connectivity index (χ0n) is 25.2. The van der Waals surface area contributed by atoms with E-state index in [0.717, 1.165) is 16.7 Å². The molecule has 12 nitrogen and oxygen atoms in total. The van der Waals surface area contributed by atoms with Gasteiger partial charge in [0.1, 0.15) is 30.0 Å². The molecule has 228 valence electrons. The van der Waals surface area contributed by atoms with Gasteiger partial charge in [-0.1, -0.05) is 52.8 Å². The van der Waals surface area contributed by atoms with Crippen LogP contribution in [-0.4, -0.2) is 58.8 Å². The van der Waals surface area contributed by atoms with Gasteiger partial charge in [0.05, 0.1) is 7.11 Å². The Labute approximate surface area is 249 Å². The average molecular weight is 592 g/mol. The van der Waals surface area contributed by atoms with E-state index >= 15 is 0 Å². The maximum atomic E-state index is 13.9. The molecule has 2 aromatic heterocycles. The summed E-state index contributed by atoms with van der Waals surface area (Å²) in [6, 6.07) is 4.06. The minimum absolute atomic E-state index is 0.0275. The first-order valence-electron chi connectivity index (χ1n) is 14.2. The van der Waals surface area contributed by atoms with Crippen molar-refractivity contribution < 1.29 is 33.1 Å². The Bertz CT molecular complexity index is 1580. The molecule has 2 aliphatic rings. The second-order valence-electron chi connectivity index (χ2n) is 12.5. The lowest BCUT2D eigenvalue weighted by Gasteiger charge is -2.32. The Morgan fingerprint density at radius 2 is 2.02 bits per heavy atom. The summed E-state index contributed by atoms with van der Waals surface area (Å²) < 4.78 is 17.0. The Morgan fingerprint density at radius 3 is 2.67 bits per heavy atom. The van der Waals surface area contributed by atoms with Crippen LogP contribution >= 0.6 is 0 Å². The van der Waals surface area contributed by atoms with E-state index in [2.05, 4.69) is 27.3 Å². The van der Waals surface area contributed by atoms with Gasteiger partial charge in [0.15, 0.2) is 17.1 Å². The van der Waals surface area contributed by atoms with Crippen molar-refractivity contribution in [3.8, 4) is 11.6 Å². The molecular formula is C31H37N5O7. The number of carbonyl (C=O) groups excluding carboxylic acids is 3. The van der Waals surface area contributed by atoms with Gasteiger partial charge < -0.3 is 29.3 Å². The smallest absolute Gasteiger partial charge is 0.360 e. The zero-order chi connectivity index (χ0) is 31.3. The largest absolute Gasteiger partial charge is 0.464 e. The summed E-state index contributed by atoms with van der Waals surface area (Å²) >= 11 is 0. The highest BCUT2D eigenvalue weighted by Gasteiger charge is 2.48. The SMILES string of the molecule is C=N[C@]12CCc3ccc(cc31)C[C@H](NC(=O)[C@@H](O)C(C)C)C(=O)N[C@@H](C(C)(C)C)c1nc(-c3nc(C(=O)OC)co3)c2o1. The number of hydrogen-bond donors (Lipinski definition) is 3. The molecule has 2 amide bonds. The molecule has 0 saturated heterocycles. The number of aliphatic hydroxyl groups is 1. The number of fused-ring (bicyclic) bond motifs is 4. The van der Waals surface area contributed by atoms with Crippen molar-refractivity contribution in [3.05, 3.63) is 58.5 Å². The van der Waals surface area contributed by atoms with E-state index in [0.29, 0.717) is 18.6 Å². The lowest BCUT2D eigenvalue weighted by Crippen LogP contribution is -2.53. The van der Waals surface area contributed by atoms with Crippen molar-refractivity contribution in [2.45, 2.75) is 77.6 Å². The van der Waals surface area contributed by atoms with Gasteiger partial charge in [-0.15, -0.1) is 0 Å². The Kier molecular flexibility index (Phi) is 7.76. The molecule has 4 bridgehead atoms. The number of aromatic nitrogens is 2. The van der Waals surface area contributed by atoms with E-state index in [1.807, 2.05) is 39.0 Å². The standard InChI is InChI=1S/C31H37N5O7/c1-15(2)22(37)26(39)33-19-13-16-8-9-17-10-11-31(32-6,18(17)12-16)24-21(27-34-20(14-42-27)29(40)41-7)35-28(43-24)23(30(3,4)5)36-25(19)38/h8-9,12,14-15,19,22-23,37H,6,10-11,13H2,1-5,7H3,(H,33,39)(H,36,38)/t19-,22-,23+,31+/m0/s1. The summed E-state index contributed by atoms with van der Waals surface area (Å²) in [5.41, 5.74) is 1.13. The summed E-state index contributed by atoms with van der Waals surface area (Å²) in [6.07, 6.45) is 1.27.